The predicted molar refractivity (Wildman–Crippen MR) is 152 cm³/mol. The second-order valence-corrected chi connectivity index (χ2v) is 11.9. The summed E-state index contributed by atoms with van der Waals surface area (Å²) in [6, 6.07) is 10.7. The lowest BCUT2D eigenvalue weighted by Crippen LogP contribution is -2.37. The number of piperidine rings is 1. The maximum atomic E-state index is 15.3. The van der Waals surface area contributed by atoms with Gasteiger partial charge in [-0.05, 0) is 30.2 Å². The fourth-order valence-corrected chi connectivity index (χ4v) is 5.97. The molecule has 2 aromatic heterocycles. The van der Waals surface area contributed by atoms with E-state index in [1.165, 1.54) is 18.3 Å². The molecule has 9 nitrogen and oxygen atoms in total. The van der Waals surface area contributed by atoms with Gasteiger partial charge in [0.15, 0.2) is 11.6 Å². The van der Waals surface area contributed by atoms with Crippen LogP contribution in [0.1, 0.15) is 12.0 Å². The van der Waals surface area contributed by atoms with E-state index in [9.17, 15) is 30.8 Å². The minimum atomic E-state index is -4.90. The first-order valence-electron chi connectivity index (χ1n) is 13.2. The molecule has 1 saturated heterocycles. The van der Waals surface area contributed by atoms with E-state index in [-0.39, 0.29) is 34.8 Å². The first kappa shape index (κ1) is 31.1. The van der Waals surface area contributed by atoms with E-state index in [4.69, 9.17) is 0 Å². The number of hydrogen-bond donors (Lipinski definition) is 2. The second kappa shape index (κ2) is 12.4. The highest BCUT2D eigenvalue weighted by Crippen LogP contribution is 2.30. The van der Waals surface area contributed by atoms with Crippen LogP contribution in [0.15, 0.2) is 64.5 Å². The lowest BCUT2D eigenvalue weighted by Gasteiger charge is -2.22. The standard InChI is InChI=1S/C28H24F6N6O3S/c29-19-8-17(10-35-13-19)11-36-27-37-12-18-9-21(26(41)40(25(18)38-27)15-28(32,33)34)20-6-7-22(24(31)23(20)30)39-44(42,43)14-16-4-2-1-3-5-16/h1-7,9,11-12,17,19,35,39H,8,10,13-15H2/t17?,19-/m0/s1. The number of rotatable bonds is 8. The maximum absolute atomic E-state index is 15.3. The van der Waals surface area contributed by atoms with E-state index in [1.807, 2.05) is 4.72 Å². The number of nitrogens with zero attached hydrogens (tertiary/aromatic N) is 4. The molecule has 1 aliphatic heterocycles. The zero-order chi connectivity index (χ0) is 31.6. The zero-order valence-electron chi connectivity index (χ0n) is 22.7. The number of halogens is 6. The van der Waals surface area contributed by atoms with E-state index in [0.29, 0.717) is 12.1 Å². The number of aliphatic imine (C=N–C) groups is 1. The van der Waals surface area contributed by atoms with Gasteiger partial charge in [0.2, 0.25) is 10.0 Å². The van der Waals surface area contributed by atoms with Crippen LogP contribution < -0.4 is 15.6 Å². The van der Waals surface area contributed by atoms with Crippen molar-refractivity contribution in [3.05, 3.63) is 82.3 Å². The summed E-state index contributed by atoms with van der Waals surface area (Å²) in [5, 5.41) is 2.77. The largest absolute Gasteiger partial charge is 0.406 e. The minimum Gasteiger partial charge on any atom is -0.313 e. The summed E-state index contributed by atoms with van der Waals surface area (Å²) < 4.78 is 112. The van der Waals surface area contributed by atoms with Gasteiger partial charge in [0.1, 0.15) is 18.4 Å². The summed E-state index contributed by atoms with van der Waals surface area (Å²) in [7, 11) is -4.19. The van der Waals surface area contributed by atoms with Crippen molar-refractivity contribution in [3.8, 4) is 11.1 Å². The van der Waals surface area contributed by atoms with Gasteiger partial charge in [-0.3, -0.25) is 14.1 Å². The van der Waals surface area contributed by atoms with Gasteiger partial charge in [0.05, 0.1) is 17.0 Å². The van der Waals surface area contributed by atoms with Crippen molar-refractivity contribution in [1.29, 1.82) is 0 Å². The van der Waals surface area contributed by atoms with Crippen molar-refractivity contribution in [1.82, 2.24) is 19.9 Å². The molecule has 1 aliphatic rings. The van der Waals surface area contributed by atoms with Crippen molar-refractivity contribution in [2.24, 2.45) is 10.9 Å². The molecule has 16 heteroatoms. The molecule has 0 saturated carbocycles. The average molecular weight is 639 g/mol. The summed E-state index contributed by atoms with van der Waals surface area (Å²) in [4.78, 5) is 25.3. The molecular formula is C28H24F6N6O3S. The smallest absolute Gasteiger partial charge is 0.313 e. The zero-order valence-corrected chi connectivity index (χ0v) is 23.5. The number of sulfonamides is 1. The third-order valence-corrected chi connectivity index (χ3v) is 7.97. The van der Waals surface area contributed by atoms with Crippen molar-refractivity contribution < 1.29 is 34.8 Å². The molecule has 4 aromatic rings. The average Bonchev–Trinajstić information content (AvgIpc) is 2.96. The van der Waals surface area contributed by atoms with E-state index in [1.54, 1.807) is 18.2 Å². The van der Waals surface area contributed by atoms with E-state index in [0.717, 1.165) is 24.4 Å². The molecule has 0 aliphatic carbocycles. The van der Waals surface area contributed by atoms with Crippen LogP contribution in [-0.2, 0) is 22.3 Å². The molecule has 1 fully saturated rings. The summed E-state index contributed by atoms with van der Waals surface area (Å²) in [5.41, 5.74) is -3.51. The quantitative estimate of drug-likeness (QED) is 0.210. The number of fused-ring (bicyclic) bond motifs is 1. The summed E-state index contributed by atoms with van der Waals surface area (Å²) in [6.07, 6.45) is -3.38. The van der Waals surface area contributed by atoms with Crippen LogP contribution in [-0.4, -0.2) is 54.6 Å². The predicted octanol–water partition coefficient (Wildman–Crippen LogP) is 4.89. The van der Waals surface area contributed by atoms with E-state index < -0.39 is 74.3 Å². The Hall–Kier alpha value is -4.31. The van der Waals surface area contributed by atoms with Gasteiger partial charge in [0.25, 0.3) is 11.5 Å². The number of nitrogens with one attached hydrogen (secondary N) is 2. The number of aromatic nitrogens is 3. The van der Waals surface area contributed by atoms with Gasteiger partial charge >= 0.3 is 6.18 Å². The Morgan fingerprint density at radius 3 is 2.52 bits per heavy atom. The minimum absolute atomic E-state index is 0.113. The Morgan fingerprint density at radius 2 is 1.82 bits per heavy atom. The number of anilines is 1. The Balaban J connectivity index is 1.52. The number of hydrogen-bond acceptors (Lipinski definition) is 7. The van der Waals surface area contributed by atoms with Crippen LogP contribution in [0.25, 0.3) is 22.2 Å². The molecule has 0 radical (unpaired) electrons. The fraction of sp³-hybridized carbons (Fsp3) is 0.286. The molecule has 1 unspecified atom stereocenters. The number of pyridine rings is 1. The van der Waals surface area contributed by atoms with Crippen LogP contribution in [0, 0.1) is 17.6 Å². The highest BCUT2D eigenvalue weighted by molar-refractivity contribution is 7.91. The van der Waals surface area contributed by atoms with Crippen LogP contribution in [0.3, 0.4) is 0 Å². The summed E-state index contributed by atoms with van der Waals surface area (Å²) in [6.45, 7) is -1.19. The third kappa shape index (κ3) is 7.24. The number of alkyl halides is 4. The van der Waals surface area contributed by atoms with Crippen molar-refractivity contribution >= 4 is 38.9 Å². The monoisotopic (exact) mass is 638 g/mol. The van der Waals surface area contributed by atoms with Crippen molar-refractivity contribution in [3.63, 3.8) is 0 Å². The summed E-state index contributed by atoms with van der Waals surface area (Å²) in [5.74, 6) is -4.46. The van der Waals surface area contributed by atoms with Crippen LogP contribution in [0.2, 0.25) is 0 Å². The molecule has 0 spiro atoms. The van der Waals surface area contributed by atoms with Gasteiger partial charge in [-0.25, -0.2) is 31.6 Å². The lowest BCUT2D eigenvalue weighted by molar-refractivity contribution is -0.140. The molecule has 0 amide bonds. The van der Waals surface area contributed by atoms with Crippen LogP contribution in [0.4, 0.5) is 38.0 Å². The van der Waals surface area contributed by atoms with Crippen LogP contribution >= 0.6 is 0 Å². The molecular weight excluding hydrogens is 614 g/mol. The molecule has 2 atom stereocenters. The van der Waals surface area contributed by atoms with Crippen molar-refractivity contribution in [2.75, 3.05) is 17.8 Å². The molecule has 5 rings (SSSR count). The molecule has 2 aromatic carbocycles. The Kier molecular flexibility index (Phi) is 8.74. The number of benzene rings is 2. The molecule has 232 valence electrons. The normalized spacial score (nSPS) is 17.8. The molecule has 2 N–H and O–H groups in total. The third-order valence-electron chi connectivity index (χ3n) is 6.72. The molecule has 0 bridgehead atoms. The van der Waals surface area contributed by atoms with Gasteiger partial charge < -0.3 is 5.32 Å². The fourth-order valence-electron chi connectivity index (χ4n) is 4.77. The lowest BCUT2D eigenvalue weighted by atomic mass is 10.00. The highest BCUT2D eigenvalue weighted by Gasteiger charge is 2.31. The van der Waals surface area contributed by atoms with E-state index >= 15 is 8.78 Å². The Morgan fingerprint density at radius 1 is 1.07 bits per heavy atom. The summed E-state index contributed by atoms with van der Waals surface area (Å²) >= 11 is 0. The van der Waals surface area contributed by atoms with E-state index in [2.05, 4.69) is 20.3 Å². The topological polar surface area (TPSA) is 118 Å². The van der Waals surface area contributed by atoms with Crippen LogP contribution in [0.5, 0.6) is 0 Å². The molecule has 3 heterocycles. The van der Waals surface area contributed by atoms with Gasteiger partial charge in [-0.2, -0.15) is 18.2 Å². The molecule has 44 heavy (non-hydrogen) atoms. The van der Waals surface area contributed by atoms with Gasteiger partial charge in [0, 0.05) is 42.4 Å². The maximum Gasteiger partial charge on any atom is 0.406 e. The van der Waals surface area contributed by atoms with Gasteiger partial charge in [-0.15, -0.1) is 0 Å². The Bertz CT molecular complexity index is 1880. The van der Waals surface area contributed by atoms with Gasteiger partial charge in [-0.1, -0.05) is 30.3 Å². The first-order chi connectivity index (χ1) is 20.8. The highest BCUT2D eigenvalue weighted by atomic mass is 32.2. The first-order valence-corrected chi connectivity index (χ1v) is 14.8. The SMILES string of the molecule is O=c1c(-c2ccc(NS(=O)(=O)Cc3ccccc3)c(F)c2F)cc2cnc(N=CC3CNC[C@@H](F)C3)nc2n1CC(F)(F)F. The van der Waals surface area contributed by atoms with Crippen molar-refractivity contribution in [2.45, 2.75) is 31.1 Å². The Labute approximate surface area is 246 Å². The second-order valence-electron chi connectivity index (χ2n) is 10.2.